The number of aromatic nitrogens is 4. The average Bonchev–Trinajstić information content (AvgIpc) is 3.13. The summed E-state index contributed by atoms with van der Waals surface area (Å²) in [5.74, 6) is 1.10. The molecule has 3 heterocycles. The molecule has 0 aliphatic carbocycles. The van der Waals surface area contributed by atoms with Crippen molar-refractivity contribution in [2.75, 3.05) is 24.9 Å². The molecule has 0 saturated carbocycles. The number of rotatable bonds is 6. The van der Waals surface area contributed by atoms with Crippen LogP contribution in [-0.4, -0.2) is 44.6 Å². The van der Waals surface area contributed by atoms with Crippen LogP contribution in [0.5, 0.6) is 0 Å². The summed E-state index contributed by atoms with van der Waals surface area (Å²) in [4.78, 5) is 4.48. The van der Waals surface area contributed by atoms with E-state index in [0.717, 1.165) is 34.5 Å². The molecule has 0 amide bonds. The van der Waals surface area contributed by atoms with E-state index in [9.17, 15) is 0 Å². The Kier molecular flexibility index (Phi) is 4.26. The number of ether oxygens (including phenoxy) is 1. The highest BCUT2D eigenvalue weighted by Crippen LogP contribution is 2.27. The van der Waals surface area contributed by atoms with Gasteiger partial charge in [0.2, 0.25) is 0 Å². The summed E-state index contributed by atoms with van der Waals surface area (Å²) >= 11 is 0. The highest BCUT2D eigenvalue weighted by molar-refractivity contribution is 7.95. The van der Waals surface area contributed by atoms with Crippen molar-refractivity contribution < 1.29 is 4.74 Å². The third-order valence-electron chi connectivity index (χ3n) is 3.34. The molecule has 0 aromatic carbocycles. The van der Waals surface area contributed by atoms with Crippen LogP contribution in [-0.2, 0) is 22.4 Å². The van der Waals surface area contributed by atoms with Crippen molar-refractivity contribution in [1.29, 1.82) is 0 Å². The van der Waals surface area contributed by atoms with E-state index in [1.165, 1.54) is 0 Å². The molecule has 5 nitrogen and oxygen atoms in total. The van der Waals surface area contributed by atoms with Crippen LogP contribution in [0, 0.1) is 0 Å². The van der Waals surface area contributed by atoms with Crippen molar-refractivity contribution in [1.82, 2.24) is 19.7 Å². The van der Waals surface area contributed by atoms with Gasteiger partial charge in [-0.05, 0) is 28.6 Å². The van der Waals surface area contributed by atoms with Crippen molar-refractivity contribution >= 4 is 21.9 Å². The molecular weight excluding hydrogens is 284 g/mol. The fraction of sp³-hybridized carbons (Fsp3) is 0.333. The predicted octanol–water partition coefficient (Wildman–Crippen LogP) is 2.28. The van der Waals surface area contributed by atoms with Gasteiger partial charge in [-0.25, -0.2) is 4.98 Å². The molecule has 21 heavy (non-hydrogen) atoms. The maximum Gasteiger partial charge on any atom is 0.142 e. The van der Waals surface area contributed by atoms with Crippen molar-refractivity contribution in [3.05, 3.63) is 36.9 Å². The third kappa shape index (κ3) is 3.11. The van der Waals surface area contributed by atoms with Crippen LogP contribution in [0.1, 0.15) is 0 Å². The number of H-pyrrole nitrogens is 1. The van der Waals surface area contributed by atoms with Gasteiger partial charge in [0.15, 0.2) is 0 Å². The van der Waals surface area contributed by atoms with Gasteiger partial charge in [0.05, 0.1) is 25.3 Å². The summed E-state index contributed by atoms with van der Waals surface area (Å²) in [6, 6.07) is 4.09. The molecule has 0 aliphatic rings. The van der Waals surface area contributed by atoms with E-state index >= 15 is 0 Å². The normalized spacial score (nSPS) is 11.6. The third-order valence-corrected chi connectivity index (χ3v) is 4.32. The Labute approximate surface area is 126 Å². The second-order valence-electron chi connectivity index (χ2n) is 5.10. The molecule has 0 bridgehead atoms. The van der Waals surface area contributed by atoms with Gasteiger partial charge in [0.1, 0.15) is 18.1 Å². The lowest BCUT2D eigenvalue weighted by molar-refractivity contribution is 0.0924. The molecule has 110 valence electrons. The average molecular weight is 303 g/mol. The zero-order valence-corrected chi connectivity index (χ0v) is 13.1. The first-order chi connectivity index (χ1) is 10.3. The summed E-state index contributed by atoms with van der Waals surface area (Å²) in [6.07, 6.45) is 12.0. The zero-order valence-electron chi connectivity index (χ0n) is 12.2. The topological polar surface area (TPSA) is 55.7 Å². The van der Waals surface area contributed by atoms with Gasteiger partial charge in [-0.15, -0.1) is 0 Å². The zero-order chi connectivity index (χ0) is 14.7. The molecular formula is C15H19N4OS+. The van der Waals surface area contributed by atoms with Crippen molar-refractivity contribution in [3.8, 4) is 11.1 Å². The molecule has 3 rings (SSSR count). The molecule has 0 saturated heterocycles. The summed E-state index contributed by atoms with van der Waals surface area (Å²) in [7, 11) is 0.425. The van der Waals surface area contributed by atoms with Crippen LogP contribution < -0.4 is 0 Å². The highest BCUT2D eigenvalue weighted by atomic mass is 32.2. The lowest BCUT2D eigenvalue weighted by atomic mass is 10.1. The Hall–Kier alpha value is -1.79. The molecule has 3 aromatic rings. The first-order valence-corrected chi connectivity index (χ1v) is 9.01. The highest BCUT2D eigenvalue weighted by Gasteiger charge is 2.09. The molecule has 0 aliphatic heterocycles. The van der Waals surface area contributed by atoms with Crippen molar-refractivity contribution in [3.63, 3.8) is 0 Å². The number of hydrogen-bond donors (Lipinski definition) is 1. The number of nitrogens with one attached hydrogen (secondary N) is 1. The van der Waals surface area contributed by atoms with E-state index in [2.05, 4.69) is 33.8 Å². The monoisotopic (exact) mass is 303 g/mol. The largest absolute Gasteiger partial charge is 0.356 e. The van der Waals surface area contributed by atoms with Gasteiger partial charge in [-0.2, -0.15) is 5.10 Å². The van der Waals surface area contributed by atoms with Crippen LogP contribution in [0.4, 0.5) is 0 Å². The molecule has 0 spiro atoms. The summed E-state index contributed by atoms with van der Waals surface area (Å²) in [5.41, 5.74) is 3.15. The fourth-order valence-electron chi connectivity index (χ4n) is 2.23. The molecule has 1 N–H and O–H groups in total. The van der Waals surface area contributed by atoms with Gasteiger partial charge in [0, 0.05) is 29.5 Å². The number of hydrogen-bond acceptors (Lipinski definition) is 3. The molecule has 0 fully saturated rings. The SMILES string of the molecule is C[S+](C)CCOCn1ccc2c(-c3cn[nH]c3)ccnc21. The fourth-order valence-corrected chi connectivity index (χ4v) is 2.68. The summed E-state index contributed by atoms with van der Waals surface area (Å²) in [6.45, 7) is 1.33. The van der Waals surface area contributed by atoms with Crippen LogP contribution in [0.25, 0.3) is 22.2 Å². The smallest absolute Gasteiger partial charge is 0.142 e. The molecule has 6 heteroatoms. The van der Waals surface area contributed by atoms with Crippen molar-refractivity contribution in [2.24, 2.45) is 0 Å². The molecule has 0 radical (unpaired) electrons. The predicted molar refractivity (Wildman–Crippen MR) is 87.3 cm³/mol. The second kappa shape index (κ2) is 6.32. The minimum Gasteiger partial charge on any atom is -0.356 e. The quantitative estimate of drug-likeness (QED) is 0.561. The molecule has 3 aromatic heterocycles. The van der Waals surface area contributed by atoms with E-state index in [4.69, 9.17) is 4.74 Å². The molecule has 0 unspecified atom stereocenters. The lowest BCUT2D eigenvalue weighted by Gasteiger charge is -2.06. The van der Waals surface area contributed by atoms with Crippen molar-refractivity contribution in [2.45, 2.75) is 6.73 Å². The second-order valence-corrected chi connectivity index (χ2v) is 7.47. The lowest BCUT2D eigenvalue weighted by Crippen LogP contribution is -2.11. The van der Waals surface area contributed by atoms with Crippen LogP contribution in [0.3, 0.4) is 0 Å². The van der Waals surface area contributed by atoms with Gasteiger partial charge >= 0.3 is 0 Å². The van der Waals surface area contributed by atoms with E-state index in [0.29, 0.717) is 17.6 Å². The first kappa shape index (κ1) is 14.2. The van der Waals surface area contributed by atoms with Crippen LogP contribution in [0.15, 0.2) is 36.9 Å². The van der Waals surface area contributed by atoms with Gasteiger partial charge in [0.25, 0.3) is 0 Å². The summed E-state index contributed by atoms with van der Waals surface area (Å²) < 4.78 is 7.78. The minimum atomic E-state index is 0.425. The Morgan fingerprint density at radius 2 is 2.24 bits per heavy atom. The minimum absolute atomic E-state index is 0.425. The maximum absolute atomic E-state index is 5.74. The summed E-state index contributed by atoms with van der Waals surface area (Å²) in [5, 5.41) is 7.98. The van der Waals surface area contributed by atoms with E-state index in [1.54, 1.807) is 0 Å². The Balaban J connectivity index is 1.81. The molecule has 0 atom stereocenters. The Morgan fingerprint density at radius 3 is 3.00 bits per heavy atom. The van der Waals surface area contributed by atoms with E-state index < -0.39 is 0 Å². The van der Waals surface area contributed by atoms with E-state index in [-0.39, 0.29) is 0 Å². The number of nitrogens with zero attached hydrogens (tertiary/aromatic N) is 3. The number of fused-ring (bicyclic) bond motifs is 1. The number of pyridine rings is 1. The van der Waals surface area contributed by atoms with Crippen LogP contribution in [0.2, 0.25) is 0 Å². The first-order valence-electron chi connectivity index (χ1n) is 6.80. The van der Waals surface area contributed by atoms with Gasteiger partial charge in [-0.1, -0.05) is 0 Å². The van der Waals surface area contributed by atoms with Gasteiger partial charge in [-0.3, -0.25) is 5.10 Å². The Bertz CT molecular complexity index is 706. The Morgan fingerprint density at radius 1 is 1.33 bits per heavy atom. The van der Waals surface area contributed by atoms with Crippen LogP contribution >= 0.6 is 0 Å². The standard InChI is InChI=1S/C15H19N4OS/c1-21(2)8-7-20-11-19-6-4-14-13(3-5-16-15(14)19)12-9-17-18-10-12/h3-6,9-10H,7-8,11H2,1-2H3,(H,17,18)/q+1. The van der Waals surface area contributed by atoms with E-state index in [1.807, 2.05) is 35.4 Å². The van der Waals surface area contributed by atoms with Gasteiger partial charge < -0.3 is 9.30 Å². The maximum atomic E-state index is 5.74. The number of aromatic amines is 1.